The van der Waals surface area contributed by atoms with Gasteiger partial charge in [0.25, 0.3) is 0 Å². The van der Waals surface area contributed by atoms with Crippen LogP contribution in [0, 0.1) is 29.1 Å². The van der Waals surface area contributed by atoms with Crippen LogP contribution in [0.3, 0.4) is 0 Å². The van der Waals surface area contributed by atoms with Crippen molar-refractivity contribution < 1.29 is 20.1 Å². The van der Waals surface area contributed by atoms with Crippen molar-refractivity contribution >= 4 is 29.1 Å². The smallest absolute Gasteiger partial charge is 0.303 e. The second-order valence-corrected chi connectivity index (χ2v) is 9.91. The van der Waals surface area contributed by atoms with Gasteiger partial charge in [-0.2, -0.15) is 5.26 Å². The average molecular weight is 436 g/mol. The molecule has 1 aromatic rings. The first-order valence-corrected chi connectivity index (χ1v) is 11.7. The first-order chi connectivity index (χ1) is 13.9. The van der Waals surface area contributed by atoms with Gasteiger partial charge in [0, 0.05) is 12.2 Å². The van der Waals surface area contributed by atoms with Crippen LogP contribution in [0.25, 0.3) is 0 Å². The van der Waals surface area contributed by atoms with Gasteiger partial charge in [0.05, 0.1) is 16.4 Å². The maximum atomic E-state index is 10.5. The molecule has 0 aromatic carbocycles. The lowest BCUT2D eigenvalue weighted by molar-refractivity contribution is -0.137. The molecule has 3 N–H and O–H groups in total. The molecule has 0 saturated heterocycles. The molecule has 0 bridgehead atoms. The summed E-state index contributed by atoms with van der Waals surface area (Å²) in [6.07, 6.45) is 10.0. The number of aliphatic carboxylic acids is 1. The normalized spacial score (nSPS) is 25.6. The summed E-state index contributed by atoms with van der Waals surface area (Å²) in [5.74, 6) is 0.430. The maximum absolute atomic E-state index is 10.5. The highest BCUT2D eigenvalue weighted by Crippen LogP contribution is 2.40. The molecular weight excluding hydrogens is 406 g/mol. The van der Waals surface area contributed by atoms with Gasteiger partial charge in [-0.25, -0.2) is 0 Å². The van der Waals surface area contributed by atoms with Crippen molar-refractivity contribution in [1.82, 2.24) is 0 Å². The summed E-state index contributed by atoms with van der Waals surface area (Å²) in [4.78, 5) is 11.2. The Balaban J connectivity index is 1.82. The number of carboxylic acids is 1. The molecule has 0 amide bonds. The van der Waals surface area contributed by atoms with Gasteiger partial charge in [-0.05, 0) is 55.6 Å². The first kappa shape index (κ1) is 23.7. The summed E-state index contributed by atoms with van der Waals surface area (Å²) < 4.78 is 1.02. The minimum absolute atomic E-state index is 0.118. The number of rotatable bonds is 11. The predicted octanol–water partition coefficient (Wildman–Crippen LogP) is 4.46. The number of hydrogen-bond donors (Lipinski definition) is 3. The third kappa shape index (κ3) is 7.98. The summed E-state index contributed by atoms with van der Waals surface area (Å²) in [6, 6.07) is 5.81. The Morgan fingerprint density at radius 1 is 1.45 bits per heavy atom. The van der Waals surface area contributed by atoms with Crippen molar-refractivity contribution in [2.24, 2.45) is 17.8 Å². The van der Waals surface area contributed by atoms with Crippen molar-refractivity contribution in [1.29, 1.82) is 5.26 Å². The van der Waals surface area contributed by atoms with Gasteiger partial charge in [0.2, 0.25) is 0 Å². The molecule has 7 heteroatoms. The van der Waals surface area contributed by atoms with Crippen molar-refractivity contribution in [3.8, 4) is 6.07 Å². The van der Waals surface area contributed by atoms with E-state index in [-0.39, 0.29) is 24.4 Å². The zero-order valence-electron chi connectivity index (χ0n) is 16.6. The fourth-order valence-corrected chi connectivity index (χ4v) is 5.57. The van der Waals surface area contributed by atoms with Crippen molar-refractivity contribution in [3.05, 3.63) is 41.3 Å². The SMILES string of the molecule is C[C@@H]1CC(O)[C@H](C/C=C\CCCC(=O)O)C1/C=C/[C@@H](O)CSc1ccc(C#N)s1. The molecule has 1 saturated carbocycles. The van der Waals surface area contributed by atoms with Crippen LogP contribution in [0.1, 0.15) is 43.9 Å². The van der Waals surface area contributed by atoms with E-state index in [1.807, 2.05) is 30.4 Å². The van der Waals surface area contributed by atoms with Gasteiger partial charge in [0.1, 0.15) is 10.9 Å². The van der Waals surface area contributed by atoms with Crippen LogP contribution in [0.15, 0.2) is 40.6 Å². The molecule has 1 aromatic heterocycles. The van der Waals surface area contributed by atoms with Crippen molar-refractivity contribution in [2.45, 2.75) is 55.4 Å². The first-order valence-electron chi connectivity index (χ1n) is 9.94. The fourth-order valence-electron chi connectivity index (χ4n) is 3.72. The zero-order valence-corrected chi connectivity index (χ0v) is 18.2. The highest BCUT2D eigenvalue weighted by atomic mass is 32.2. The molecule has 5 nitrogen and oxygen atoms in total. The lowest BCUT2D eigenvalue weighted by Gasteiger charge is -2.20. The van der Waals surface area contributed by atoms with E-state index in [4.69, 9.17) is 10.4 Å². The van der Waals surface area contributed by atoms with Crippen LogP contribution < -0.4 is 0 Å². The summed E-state index contributed by atoms with van der Waals surface area (Å²) in [5, 5.41) is 38.2. The van der Waals surface area contributed by atoms with E-state index in [1.54, 1.807) is 6.07 Å². The van der Waals surface area contributed by atoms with E-state index in [1.165, 1.54) is 23.1 Å². The van der Waals surface area contributed by atoms with E-state index >= 15 is 0 Å². The molecule has 1 fully saturated rings. The number of allylic oxidation sites excluding steroid dienone is 3. The fraction of sp³-hybridized carbons (Fsp3) is 0.545. The van der Waals surface area contributed by atoms with Crippen LogP contribution in [-0.2, 0) is 4.79 Å². The van der Waals surface area contributed by atoms with Crippen LogP contribution in [0.2, 0.25) is 0 Å². The monoisotopic (exact) mass is 435 g/mol. The number of unbranched alkanes of at least 4 members (excludes halogenated alkanes) is 1. The van der Waals surface area contributed by atoms with Gasteiger partial charge in [-0.3, -0.25) is 4.79 Å². The Hall–Kier alpha value is -1.59. The number of carboxylic acid groups (broad SMARTS) is 1. The molecule has 1 heterocycles. The molecule has 0 aliphatic heterocycles. The van der Waals surface area contributed by atoms with E-state index in [9.17, 15) is 15.0 Å². The Morgan fingerprint density at radius 2 is 2.24 bits per heavy atom. The van der Waals surface area contributed by atoms with E-state index in [0.29, 0.717) is 23.0 Å². The highest BCUT2D eigenvalue weighted by molar-refractivity contribution is 8.01. The topological polar surface area (TPSA) is 102 Å². The minimum Gasteiger partial charge on any atom is -0.481 e. The van der Waals surface area contributed by atoms with Crippen LogP contribution in [0.5, 0.6) is 0 Å². The number of nitriles is 1. The molecule has 2 unspecified atom stereocenters. The molecule has 1 aliphatic carbocycles. The quantitative estimate of drug-likeness (QED) is 0.269. The Kier molecular flexibility index (Phi) is 9.95. The maximum Gasteiger partial charge on any atom is 0.303 e. The number of thioether (sulfide) groups is 1. The van der Waals surface area contributed by atoms with Gasteiger partial charge in [-0.1, -0.05) is 31.2 Å². The van der Waals surface area contributed by atoms with E-state index in [0.717, 1.165) is 23.5 Å². The molecule has 158 valence electrons. The zero-order chi connectivity index (χ0) is 21.2. The van der Waals surface area contributed by atoms with Gasteiger partial charge >= 0.3 is 5.97 Å². The number of thiophene rings is 1. The van der Waals surface area contributed by atoms with Gasteiger partial charge < -0.3 is 15.3 Å². The largest absolute Gasteiger partial charge is 0.481 e. The Labute approximate surface area is 180 Å². The number of aliphatic hydroxyl groups is 2. The summed E-state index contributed by atoms with van der Waals surface area (Å²) in [6.45, 7) is 2.13. The van der Waals surface area contributed by atoms with Crippen LogP contribution >= 0.6 is 23.1 Å². The molecular formula is C22H29NO4S2. The van der Waals surface area contributed by atoms with Crippen LogP contribution in [-0.4, -0.2) is 39.2 Å². The molecule has 0 spiro atoms. The molecule has 2 rings (SSSR count). The lowest BCUT2D eigenvalue weighted by atomic mass is 9.87. The van der Waals surface area contributed by atoms with Crippen molar-refractivity contribution in [2.75, 3.05) is 5.75 Å². The number of nitrogens with zero attached hydrogens (tertiary/aromatic N) is 1. The lowest BCUT2D eigenvalue weighted by Crippen LogP contribution is -2.18. The molecule has 1 aliphatic rings. The second-order valence-electron chi connectivity index (χ2n) is 7.51. The standard InChI is InChI=1S/C22H29NO4S2/c1-15-12-20(25)19(6-4-2-3-5-7-21(26)27)18(15)10-8-16(24)14-28-22-11-9-17(13-23)29-22/h2,4,8-11,15-16,18-20,24-25H,3,5-7,12,14H2,1H3,(H,26,27)/b4-2-,10-8+/t15-,16-,18?,19-,20?/m1/s1. The number of aliphatic hydroxyl groups excluding tert-OH is 2. The molecule has 5 atom stereocenters. The number of hydrogen-bond acceptors (Lipinski definition) is 6. The Bertz CT molecular complexity index is 752. The van der Waals surface area contributed by atoms with Crippen molar-refractivity contribution in [3.63, 3.8) is 0 Å². The molecule has 0 radical (unpaired) electrons. The number of carbonyl (C=O) groups is 1. The van der Waals surface area contributed by atoms with Crippen LogP contribution in [0.4, 0.5) is 0 Å². The Morgan fingerprint density at radius 3 is 2.93 bits per heavy atom. The minimum atomic E-state index is -0.773. The average Bonchev–Trinajstić information content (AvgIpc) is 3.25. The van der Waals surface area contributed by atoms with E-state index in [2.05, 4.69) is 13.0 Å². The van der Waals surface area contributed by atoms with Gasteiger partial charge in [0.15, 0.2) is 0 Å². The summed E-state index contributed by atoms with van der Waals surface area (Å²) in [5.41, 5.74) is 0. The van der Waals surface area contributed by atoms with E-state index < -0.39 is 12.1 Å². The highest BCUT2D eigenvalue weighted by Gasteiger charge is 2.37. The summed E-state index contributed by atoms with van der Waals surface area (Å²) >= 11 is 2.97. The predicted molar refractivity (Wildman–Crippen MR) is 117 cm³/mol. The van der Waals surface area contributed by atoms with Gasteiger partial charge in [-0.15, -0.1) is 23.1 Å². The third-order valence-electron chi connectivity index (χ3n) is 5.24. The third-order valence-corrected chi connectivity index (χ3v) is 7.56. The second kappa shape index (κ2) is 12.2. The molecule has 29 heavy (non-hydrogen) atoms. The summed E-state index contributed by atoms with van der Waals surface area (Å²) in [7, 11) is 0.